The average Bonchev–Trinajstić information content (AvgIpc) is 3.71. The van der Waals surface area contributed by atoms with Gasteiger partial charge in [-0.3, -0.25) is 4.90 Å². The normalized spacial score (nSPS) is 18.4. The van der Waals surface area contributed by atoms with E-state index in [1.807, 2.05) is 59.2 Å². The van der Waals surface area contributed by atoms with Crippen molar-refractivity contribution < 1.29 is 14.3 Å². The van der Waals surface area contributed by atoms with Crippen LogP contribution in [0.4, 0.5) is 10.6 Å². The molecule has 0 saturated carbocycles. The van der Waals surface area contributed by atoms with Crippen molar-refractivity contribution >= 4 is 39.9 Å². The fraction of sp³-hybridized carbons (Fsp3) is 0.361. The van der Waals surface area contributed by atoms with Gasteiger partial charge in [-0.15, -0.1) is 5.10 Å². The number of amides is 1. The van der Waals surface area contributed by atoms with E-state index < -0.39 is 12.1 Å². The van der Waals surface area contributed by atoms with E-state index in [0.29, 0.717) is 55.2 Å². The zero-order chi connectivity index (χ0) is 33.0. The van der Waals surface area contributed by atoms with E-state index in [-0.39, 0.29) is 19.2 Å². The molecule has 246 valence electrons. The summed E-state index contributed by atoms with van der Waals surface area (Å²) in [4.78, 5) is 32.6. The van der Waals surface area contributed by atoms with E-state index >= 15 is 0 Å². The summed E-state index contributed by atoms with van der Waals surface area (Å²) >= 11 is 6.68. The molecule has 48 heavy (non-hydrogen) atoms. The van der Waals surface area contributed by atoms with Crippen molar-refractivity contribution in [3.8, 4) is 6.01 Å². The lowest BCUT2D eigenvalue weighted by molar-refractivity contribution is 0.0788. The average molecular weight is 665 g/mol. The van der Waals surface area contributed by atoms with Crippen LogP contribution >= 0.6 is 11.6 Å². The fourth-order valence-corrected chi connectivity index (χ4v) is 7.02. The molecule has 12 heteroatoms. The number of piperazine rings is 1. The van der Waals surface area contributed by atoms with Gasteiger partial charge in [-0.2, -0.15) is 4.98 Å². The number of carbonyl (C=O) groups excluding carboxylic acids is 1. The molecule has 0 aliphatic carbocycles. The predicted molar refractivity (Wildman–Crippen MR) is 184 cm³/mol. The van der Waals surface area contributed by atoms with E-state index in [9.17, 15) is 4.79 Å². The number of carbonyl (C=O) groups is 1. The molecule has 0 bridgehead atoms. The summed E-state index contributed by atoms with van der Waals surface area (Å²) in [6, 6.07) is 21.8. The van der Waals surface area contributed by atoms with Crippen LogP contribution < -0.4 is 9.64 Å². The topological polar surface area (TPSA) is 92.7 Å². The molecular weight excluding hydrogens is 628 g/mol. The second-order valence-electron chi connectivity index (χ2n) is 12.4. The first-order chi connectivity index (χ1) is 23.5. The number of anilines is 1. The third-order valence-corrected chi connectivity index (χ3v) is 9.62. The molecule has 1 amide bonds. The molecule has 5 aromatic rings. The fourth-order valence-electron chi connectivity index (χ4n) is 6.71. The van der Waals surface area contributed by atoms with Crippen molar-refractivity contribution in [3.05, 3.63) is 106 Å². The number of likely N-dealkylation sites (N-methyl/N-ethyl adjacent to an activating group) is 1. The molecule has 7 rings (SSSR count). The van der Waals surface area contributed by atoms with Crippen LogP contribution in [0.25, 0.3) is 21.3 Å². The number of benzene rings is 3. The third kappa shape index (κ3) is 6.59. The maximum Gasteiger partial charge on any atom is 0.410 e. The van der Waals surface area contributed by atoms with Crippen molar-refractivity contribution in [1.82, 2.24) is 29.4 Å². The van der Waals surface area contributed by atoms with Crippen molar-refractivity contribution in [2.75, 3.05) is 51.3 Å². The summed E-state index contributed by atoms with van der Waals surface area (Å²) in [5, 5.41) is 7.61. The first-order valence-corrected chi connectivity index (χ1v) is 16.7. The van der Waals surface area contributed by atoms with Gasteiger partial charge in [0.1, 0.15) is 19.3 Å². The summed E-state index contributed by atoms with van der Waals surface area (Å²) in [7, 11) is 2.11. The highest BCUT2D eigenvalue weighted by molar-refractivity contribution is 6.35. The van der Waals surface area contributed by atoms with Crippen molar-refractivity contribution in [3.63, 3.8) is 0 Å². The van der Waals surface area contributed by atoms with Gasteiger partial charge in [-0.25, -0.2) is 20.9 Å². The Labute approximate surface area is 284 Å². The van der Waals surface area contributed by atoms with Crippen molar-refractivity contribution in [1.29, 1.82) is 0 Å². The molecule has 0 radical (unpaired) electrons. The van der Waals surface area contributed by atoms with Gasteiger partial charge < -0.3 is 24.1 Å². The van der Waals surface area contributed by atoms with Gasteiger partial charge >= 0.3 is 12.1 Å². The predicted octanol–water partition coefficient (Wildman–Crippen LogP) is 5.74. The minimum absolute atomic E-state index is 0.136. The Morgan fingerprint density at radius 1 is 1.04 bits per heavy atom. The molecule has 2 aliphatic rings. The Morgan fingerprint density at radius 2 is 1.88 bits per heavy atom. The Kier molecular flexibility index (Phi) is 9.27. The number of aromatic nitrogens is 4. The molecule has 2 atom stereocenters. The molecule has 0 spiro atoms. The summed E-state index contributed by atoms with van der Waals surface area (Å²) in [6.45, 7) is 10.7. The number of hydrogen-bond acceptors (Lipinski definition) is 8. The van der Waals surface area contributed by atoms with Crippen molar-refractivity contribution in [2.45, 2.75) is 38.0 Å². The highest BCUT2D eigenvalue weighted by Gasteiger charge is 2.35. The number of rotatable bonds is 9. The lowest BCUT2D eigenvalue weighted by atomic mass is 10.0. The lowest BCUT2D eigenvalue weighted by Gasteiger charge is -2.39. The number of halogens is 1. The minimum Gasteiger partial charge on any atom is -0.461 e. The first kappa shape index (κ1) is 31.7. The number of ether oxygens (including phenoxy) is 2. The first-order valence-electron chi connectivity index (χ1n) is 16.3. The summed E-state index contributed by atoms with van der Waals surface area (Å²) in [5.41, 5.74) is 3.43. The van der Waals surface area contributed by atoms with E-state index in [2.05, 4.69) is 39.9 Å². The molecular formula is C36H37ClN8O3. The van der Waals surface area contributed by atoms with Crippen molar-refractivity contribution in [2.24, 2.45) is 0 Å². The maximum absolute atomic E-state index is 13.2. The number of likely N-dealkylation sites (tertiary alicyclic amines) is 1. The quantitative estimate of drug-likeness (QED) is 0.184. The van der Waals surface area contributed by atoms with Gasteiger partial charge in [0.2, 0.25) is 6.54 Å². The van der Waals surface area contributed by atoms with Crippen LogP contribution in [-0.2, 0) is 17.8 Å². The third-order valence-electron chi connectivity index (χ3n) is 9.31. The van der Waals surface area contributed by atoms with Crippen LogP contribution in [0.2, 0.25) is 5.02 Å². The van der Waals surface area contributed by atoms with Crippen LogP contribution in [0.1, 0.15) is 29.7 Å². The number of hydrogen-bond donors (Lipinski definition) is 0. The number of nitrogens with zero attached hydrogens (tertiary/aromatic N) is 8. The SMILES string of the molecule is [C-]#[N+]C[C@H]1CN(c2nc(OC[C@@H]3CCCN3C)nn3c(Cc4cccc5cccc(Cl)c45)cnc23)CCN1C(=O)OCc1ccccc1. The molecule has 2 fully saturated rings. The summed E-state index contributed by atoms with van der Waals surface area (Å²) < 4.78 is 13.7. The van der Waals surface area contributed by atoms with Gasteiger partial charge in [0.05, 0.1) is 11.9 Å². The molecule has 0 N–H and O–H groups in total. The number of fused-ring (bicyclic) bond motifs is 2. The second kappa shape index (κ2) is 14.1. The van der Waals surface area contributed by atoms with Crippen LogP contribution in [0, 0.1) is 6.57 Å². The van der Waals surface area contributed by atoms with E-state index in [0.717, 1.165) is 47.0 Å². The van der Waals surface area contributed by atoms with Gasteiger partial charge in [0.15, 0.2) is 11.5 Å². The molecule has 2 aromatic heterocycles. The monoisotopic (exact) mass is 664 g/mol. The maximum atomic E-state index is 13.2. The Morgan fingerprint density at radius 3 is 2.67 bits per heavy atom. The molecule has 2 aliphatic heterocycles. The Bertz CT molecular complexity index is 1960. The Balaban J connectivity index is 1.19. The standard InChI is InChI=1S/C36H37ClN8O3/c1-38-20-30-22-43(17-18-44(30)36(46)48-23-25-9-4-3-5-10-25)34-33-39-21-29(19-27-13-6-11-26-12-7-15-31(37)32(26)27)45(33)41-35(40-34)47-24-28-14-8-16-42(28)2/h3-7,9-13,15,21,28,30H,8,14,16-20,22-24H2,2H3/t28-,30-/m0/s1. The second-order valence-corrected chi connectivity index (χ2v) is 12.8. The lowest BCUT2D eigenvalue weighted by Crippen LogP contribution is -2.56. The van der Waals surface area contributed by atoms with Gasteiger partial charge in [0, 0.05) is 42.5 Å². The van der Waals surface area contributed by atoms with Gasteiger partial charge in [0.25, 0.3) is 0 Å². The molecule has 2 saturated heterocycles. The van der Waals surface area contributed by atoms with Crippen LogP contribution in [0.5, 0.6) is 6.01 Å². The largest absolute Gasteiger partial charge is 0.461 e. The van der Waals surface area contributed by atoms with Crippen LogP contribution in [0.15, 0.2) is 72.9 Å². The molecule has 3 aromatic carbocycles. The molecule has 0 unspecified atom stereocenters. The summed E-state index contributed by atoms with van der Waals surface area (Å²) in [6.07, 6.45) is 4.14. The van der Waals surface area contributed by atoms with Crippen LogP contribution in [0.3, 0.4) is 0 Å². The van der Waals surface area contributed by atoms with Gasteiger partial charge in [-0.1, -0.05) is 72.3 Å². The van der Waals surface area contributed by atoms with E-state index in [1.165, 1.54) is 0 Å². The highest BCUT2D eigenvalue weighted by atomic mass is 35.5. The van der Waals surface area contributed by atoms with E-state index in [4.69, 9.17) is 42.7 Å². The summed E-state index contributed by atoms with van der Waals surface area (Å²) in [5.74, 6) is 0.606. The zero-order valence-electron chi connectivity index (χ0n) is 26.8. The molecule has 11 nitrogen and oxygen atoms in total. The smallest absolute Gasteiger partial charge is 0.410 e. The number of imidazole rings is 1. The zero-order valence-corrected chi connectivity index (χ0v) is 27.6. The van der Waals surface area contributed by atoms with Crippen LogP contribution in [-0.4, -0.2) is 93.9 Å². The minimum atomic E-state index is -0.429. The molecule has 4 heterocycles. The van der Waals surface area contributed by atoms with Gasteiger partial charge in [-0.05, 0) is 49.0 Å². The Hall–Kier alpha value is -4.92. The highest BCUT2D eigenvalue weighted by Crippen LogP contribution is 2.30. The van der Waals surface area contributed by atoms with E-state index in [1.54, 1.807) is 4.90 Å².